The Balaban J connectivity index is 1.65. The SMILES string of the molecule is CNC(=O)Nc1cccc(NC(=O)/C=C/c2cc3ccccc3o2)c1. The number of carbonyl (C=O) groups is 2. The molecule has 0 aliphatic carbocycles. The zero-order chi connectivity index (χ0) is 17.6. The smallest absolute Gasteiger partial charge is 0.318 e. The van der Waals surface area contributed by atoms with Crippen LogP contribution in [0.1, 0.15) is 5.76 Å². The van der Waals surface area contributed by atoms with Crippen LogP contribution in [-0.4, -0.2) is 19.0 Å². The van der Waals surface area contributed by atoms with Gasteiger partial charge in [-0.3, -0.25) is 4.79 Å². The molecular weight excluding hydrogens is 318 g/mol. The standard InChI is InChI=1S/C19H17N3O3/c1-20-19(24)22-15-7-4-6-14(12-15)21-18(23)10-9-16-11-13-5-2-3-8-17(13)25-16/h2-12H,1H3,(H,21,23)(H2,20,22,24)/b10-9+. The number of hydrogen-bond acceptors (Lipinski definition) is 3. The summed E-state index contributed by atoms with van der Waals surface area (Å²) < 4.78 is 5.62. The molecule has 0 fully saturated rings. The normalized spacial score (nSPS) is 10.8. The van der Waals surface area contributed by atoms with Crippen LogP contribution in [0.25, 0.3) is 17.0 Å². The molecule has 3 rings (SSSR count). The maximum atomic E-state index is 12.1. The van der Waals surface area contributed by atoms with Crippen molar-refractivity contribution in [3.8, 4) is 0 Å². The summed E-state index contributed by atoms with van der Waals surface area (Å²) in [6.07, 6.45) is 3.01. The average Bonchev–Trinajstić information content (AvgIpc) is 3.03. The van der Waals surface area contributed by atoms with E-state index in [1.54, 1.807) is 30.3 Å². The van der Waals surface area contributed by atoms with Gasteiger partial charge in [-0.2, -0.15) is 0 Å². The van der Waals surface area contributed by atoms with Crippen LogP contribution >= 0.6 is 0 Å². The lowest BCUT2D eigenvalue weighted by atomic mass is 10.2. The number of fused-ring (bicyclic) bond motifs is 1. The molecule has 1 heterocycles. The number of furan rings is 1. The monoisotopic (exact) mass is 335 g/mol. The van der Waals surface area contributed by atoms with E-state index in [-0.39, 0.29) is 11.9 Å². The molecule has 0 spiro atoms. The van der Waals surface area contributed by atoms with Crippen LogP contribution in [0.3, 0.4) is 0 Å². The van der Waals surface area contributed by atoms with Crippen molar-refractivity contribution in [2.45, 2.75) is 0 Å². The van der Waals surface area contributed by atoms with Crippen LogP contribution < -0.4 is 16.0 Å². The minimum Gasteiger partial charge on any atom is -0.457 e. The number of nitrogens with one attached hydrogen (secondary N) is 3. The zero-order valence-electron chi connectivity index (χ0n) is 13.6. The fourth-order valence-electron chi connectivity index (χ4n) is 2.29. The summed E-state index contributed by atoms with van der Waals surface area (Å²) in [5.74, 6) is 0.309. The molecular formula is C19H17N3O3. The van der Waals surface area contributed by atoms with Gasteiger partial charge in [0, 0.05) is 29.9 Å². The van der Waals surface area contributed by atoms with Gasteiger partial charge in [0.25, 0.3) is 0 Å². The molecule has 6 nitrogen and oxygen atoms in total. The van der Waals surface area contributed by atoms with Crippen molar-refractivity contribution in [3.05, 3.63) is 66.4 Å². The molecule has 3 aromatic rings. The topological polar surface area (TPSA) is 83.4 Å². The van der Waals surface area contributed by atoms with Crippen molar-refractivity contribution in [1.82, 2.24) is 5.32 Å². The van der Waals surface area contributed by atoms with E-state index >= 15 is 0 Å². The van der Waals surface area contributed by atoms with Crippen LogP contribution in [-0.2, 0) is 4.79 Å². The van der Waals surface area contributed by atoms with Gasteiger partial charge in [0.05, 0.1) is 0 Å². The molecule has 2 aromatic carbocycles. The lowest BCUT2D eigenvalue weighted by Crippen LogP contribution is -2.24. The summed E-state index contributed by atoms with van der Waals surface area (Å²) in [5, 5.41) is 8.83. The molecule has 3 N–H and O–H groups in total. The average molecular weight is 335 g/mol. The van der Waals surface area contributed by atoms with Crippen LogP contribution in [0.4, 0.5) is 16.2 Å². The molecule has 126 valence electrons. The third kappa shape index (κ3) is 4.26. The predicted molar refractivity (Wildman–Crippen MR) is 98.4 cm³/mol. The molecule has 6 heteroatoms. The van der Waals surface area contributed by atoms with Crippen LogP contribution in [0.2, 0.25) is 0 Å². The van der Waals surface area contributed by atoms with Crippen molar-refractivity contribution in [3.63, 3.8) is 0 Å². The number of para-hydroxylation sites is 1. The molecule has 0 saturated carbocycles. The fraction of sp³-hybridized carbons (Fsp3) is 0.0526. The van der Waals surface area contributed by atoms with E-state index in [1.807, 2.05) is 30.3 Å². The largest absolute Gasteiger partial charge is 0.457 e. The molecule has 0 aliphatic heterocycles. The maximum Gasteiger partial charge on any atom is 0.318 e. The van der Waals surface area contributed by atoms with E-state index in [4.69, 9.17) is 4.42 Å². The first-order valence-electron chi connectivity index (χ1n) is 7.70. The van der Waals surface area contributed by atoms with Gasteiger partial charge in [-0.15, -0.1) is 0 Å². The predicted octanol–water partition coefficient (Wildman–Crippen LogP) is 3.84. The Bertz CT molecular complexity index is 911. The Morgan fingerprint density at radius 2 is 1.72 bits per heavy atom. The third-order valence-electron chi connectivity index (χ3n) is 3.46. The van der Waals surface area contributed by atoms with E-state index < -0.39 is 0 Å². The maximum absolute atomic E-state index is 12.1. The van der Waals surface area contributed by atoms with Crippen molar-refractivity contribution < 1.29 is 14.0 Å². The third-order valence-corrected chi connectivity index (χ3v) is 3.46. The molecule has 0 aliphatic rings. The van der Waals surface area contributed by atoms with Gasteiger partial charge in [0.2, 0.25) is 5.91 Å². The zero-order valence-corrected chi connectivity index (χ0v) is 13.6. The van der Waals surface area contributed by atoms with E-state index in [9.17, 15) is 9.59 Å². The summed E-state index contributed by atoms with van der Waals surface area (Å²) in [5.41, 5.74) is 1.93. The molecule has 0 bridgehead atoms. The van der Waals surface area contributed by atoms with E-state index in [1.165, 1.54) is 13.1 Å². The van der Waals surface area contributed by atoms with Gasteiger partial charge in [0.1, 0.15) is 11.3 Å². The molecule has 25 heavy (non-hydrogen) atoms. The highest BCUT2D eigenvalue weighted by Crippen LogP contribution is 2.20. The van der Waals surface area contributed by atoms with Crippen molar-refractivity contribution in [1.29, 1.82) is 0 Å². The highest BCUT2D eigenvalue weighted by Gasteiger charge is 2.03. The van der Waals surface area contributed by atoms with E-state index in [0.29, 0.717) is 17.1 Å². The van der Waals surface area contributed by atoms with E-state index in [0.717, 1.165) is 11.0 Å². The van der Waals surface area contributed by atoms with Gasteiger partial charge in [-0.05, 0) is 36.4 Å². The van der Waals surface area contributed by atoms with Crippen LogP contribution in [0.15, 0.2) is 65.1 Å². The quantitative estimate of drug-likeness (QED) is 0.634. The minimum absolute atomic E-state index is 0.294. The Kier molecular flexibility index (Phi) is 4.80. The first-order chi connectivity index (χ1) is 12.1. The Morgan fingerprint density at radius 3 is 2.48 bits per heavy atom. The number of hydrogen-bond donors (Lipinski definition) is 3. The van der Waals surface area contributed by atoms with Gasteiger partial charge in [-0.25, -0.2) is 4.79 Å². The molecule has 0 atom stereocenters. The van der Waals surface area contributed by atoms with Crippen LogP contribution in [0.5, 0.6) is 0 Å². The number of benzene rings is 2. The highest BCUT2D eigenvalue weighted by molar-refractivity contribution is 6.02. The summed E-state index contributed by atoms with van der Waals surface area (Å²) >= 11 is 0. The summed E-state index contributed by atoms with van der Waals surface area (Å²) in [4.78, 5) is 23.4. The summed E-state index contributed by atoms with van der Waals surface area (Å²) in [6, 6.07) is 16.1. The number of urea groups is 1. The number of anilines is 2. The van der Waals surface area contributed by atoms with Crippen molar-refractivity contribution >= 4 is 40.4 Å². The molecule has 0 saturated heterocycles. The van der Waals surface area contributed by atoms with Gasteiger partial charge < -0.3 is 20.4 Å². The lowest BCUT2D eigenvalue weighted by Gasteiger charge is -2.07. The number of rotatable bonds is 4. The highest BCUT2D eigenvalue weighted by atomic mass is 16.3. The Hall–Kier alpha value is -3.54. The molecule has 3 amide bonds. The van der Waals surface area contributed by atoms with Gasteiger partial charge >= 0.3 is 6.03 Å². The first kappa shape index (κ1) is 16.3. The van der Waals surface area contributed by atoms with E-state index in [2.05, 4.69) is 16.0 Å². The van der Waals surface area contributed by atoms with Gasteiger partial charge in [0.15, 0.2) is 0 Å². The Morgan fingerprint density at radius 1 is 0.960 bits per heavy atom. The van der Waals surface area contributed by atoms with Crippen molar-refractivity contribution in [2.75, 3.05) is 17.7 Å². The van der Waals surface area contributed by atoms with Crippen molar-refractivity contribution in [2.24, 2.45) is 0 Å². The lowest BCUT2D eigenvalue weighted by molar-refractivity contribution is -0.111. The Labute approximate surface area is 144 Å². The first-order valence-corrected chi connectivity index (χ1v) is 7.70. The second-order valence-electron chi connectivity index (χ2n) is 5.29. The fourth-order valence-corrected chi connectivity index (χ4v) is 2.29. The summed E-state index contributed by atoms with van der Waals surface area (Å²) in [6.45, 7) is 0. The summed E-state index contributed by atoms with van der Waals surface area (Å²) in [7, 11) is 1.53. The molecule has 0 radical (unpaired) electrons. The molecule has 1 aromatic heterocycles. The second-order valence-corrected chi connectivity index (χ2v) is 5.29. The van der Waals surface area contributed by atoms with Crippen LogP contribution in [0, 0.1) is 0 Å². The minimum atomic E-state index is -0.326. The van der Waals surface area contributed by atoms with Gasteiger partial charge in [-0.1, -0.05) is 24.3 Å². The number of amides is 3. The molecule has 0 unspecified atom stereocenters. The number of carbonyl (C=O) groups excluding carboxylic acids is 2. The second kappa shape index (κ2) is 7.35.